The molecule has 0 radical (unpaired) electrons. The van der Waals surface area contributed by atoms with Crippen molar-refractivity contribution in [1.82, 2.24) is 0 Å². The van der Waals surface area contributed by atoms with Gasteiger partial charge in [-0.1, -0.05) is 0 Å². The summed E-state index contributed by atoms with van der Waals surface area (Å²) < 4.78 is 15.0. The van der Waals surface area contributed by atoms with Crippen LogP contribution in [0.1, 0.15) is 0 Å². The first-order valence-electron chi connectivity index (χ1n) is 2.49. The van der Waals surface area contributed by atoms with Crippen molar-refractivity contribution in [3.63, 3.8) is 0 Å². The molecule has 0 spiro atoms. The lowest BCUT2D eigenvalue weighted by molar-refractivity contribution is 0.193. The molecule has 0 aliphatic carbocycles. The van der Waals surface area contributed by atoms with Crippen molar-refractivity contribution in [1.29, 1.82) is 0 Å². The second kappa shape index (κ2) is 3.71. The number of carbonyl (C=O) groups excluding carboxylic acids is 1. The predicted molar refractivity (Wildman–Crippen MR) is 34.2 cm³/mol. The number of hydrogen-bond acceptors (Lipinski definition) is 5. The second-order valence-electron chi connectivity index (χ2n) is 1.64. The zero-order valence-electron chi connectivity index (χ0n) is 5.48. The Balaban J connectivity index is 4.34. The van der Waals surface area contributed by atoms with Gasteiger partial charge in [0.25, 0.3) is 0 Å². The molecule has 0 aromatic carbocycles. The molecular formula is C4H9O5P. The molecule has 0 atom stereocenters. The first kappa shape index (κ1) is 9.62. The van der Waals surface area contributed by atoms with Crippen molar-refractivity contribution >= 4 is 12.9 Å². The lowest BCUT2D eigenvalue weighted by Gasteiger charge is -2.07. The summed E-state index contributed by atoms with van der Waals surface area (Å²) in [5, 5.41) is 16.7. The zero-order chi connectivity index (χ0) is 8.20. The van der Waals surface area contributed by atoms with E-state index in [-0.39, 0.29) is 0 Å². The van der Waals surface area contributed by atoms with E-state index in [0.717, 1.165) is 7.11 Å². The number of ether oxygens (including phenoxy) is 1. The fourth-order valence-electron chi connectivity index (χ4n) is 0.327. The third-order valence-corrected chi connectivity index (χ3v) is 2.73. The Morgan fingerprint density at radius 1 is 1.50 bits per heavy atom. The van der Waals surface area contributed by atoms with Gasteiger partial charge in [-0.25, -0.2) is 4.79 Å². The topological polar surface area (TPSA) is 83.8 Å². The zero-order valence-corrected chi connectivity index (χ0v) is 6.38. The first-order valence-corrected chi connectivity index (χ1v) is 4.56. The summed E-state index contributed by atoms with van der Waals surface area (Å²) in [4.78, 5) is 10.5. The van der Waals surface area contributed by atoms with Crippen molar-refractivity contribution in [2.45, 2.75) is 0 Å². The summed E-state index contributed by atoms with van der Waals surface area (Å²) in [5.41, 5.74) is -1.04. The minimum Gasteiger partial charge on any atom is -0.463 e. The highest BCUT2D eigenvalue weighted by atomic mass is 31.2. The molecule has 0 aromatic rings. The third-order valence-electron chi connectivity index (χ3n) is 0.964. The molecule has 0 unspecified atom stereocenters. The molecule has 0 amide bonds. The van der Waals surface area contributed by atoms with E-state index < -0.39 is 25.5 Å². The summed E-state index contributed by atoms with van der Waals surface area (Å²) >= 11 is 0. The van der Waals surface area contributed by atoms with Crippen LogP contribution in [0.3, 0.4) is 0 Å². The molecule has 0 aromatic heterocycles. The van der Waals surface area contributed by atoms with E-state index in [1.807, 2.05) is 0 Å². The number of aliphatic hydroxyl groups is 2. The molecule has 0 saturated carbocycles. The molecule has 0 saturated heterocycles. The van der Waals surface area contributed by atoms with Gasteiger partial charge in [0.2, 0.25) is 7.14 Å². The van der Waals surface area contributed by atoms with Crippen LogP contribution in [0.2, 0.25) is 0 Å². The number of rotatable bonds is 3. The van der Waals surface area contributed by atoms with Crippen molar-refractivity contribution in [2.24, 2.45) is 0 Å². The maximum Gasteiger partial charge on any atom is 0.368 e. The van der Waals surface area contributed by atoms with E-state index >= 15 is 0 Å². The minimum atomic E-state index is -3.52. The highest BCUT2D eigenvalue weighted by Crippen LogP contribution is 2.44. The van der Waals surface area contributed by atoms with E-state index in [9.17, 15) is 9.36 Å². The van der Waals surface area contributed by atoms with Crippen molar-refractivity contribution in [3.05, 3.63) is 0 Å². The highest BCUT2D eigenvalue weighted by molar-refractivity contribution is 7.79. The van der Waals surface area contributed by atoms with E-state index in [1.54, 1.807) is 0 Å². The Labute approximate surface area is 58.0 Å². The van der Waals surface area contributed by atoms with Crippen LogP contribution in [0.15, 0.2) is 0 Å². The molecule has 0 aliphatic rings. The Bertz CT molecular complexity index is 157. The molecule has 0 bridgehead atoms. The number of carbonyl (C=O) groups is 1. The number of aliphatic hydroxyl groups excluding tert-OH is 2. The van der Waals surface area contributed by atoms with E-state index in [0.29, 0.717) is 0 Å². The summed E-state index contributed by atoms with van der Waals surface area (Å²) in [7, 11) is -2.48. The van der Waals surface area contributed by atoms with Gasteiger partial charge in [-0.3, -0.25) is 0 Å². The third kappa shape index (κ3) is 1.80. The van der Waals surface area contributed by atoms with Crippen LogP contribution in [0.5, 0.6) is 0 Å². The maximum atomic E-state index is 10.9. The van der Waals surface area contributed by atoms with E-state index in [4.69, 9.17) is 10.2 Å². The minimum absolute atomic E-state index is 0.851. The largest absolute Gasteiger partial charge is 0.463 e. The van der Waals surface area contributed by atoms with Crippen molar-refractivity contribution in [3.8, 4) is 0 Å². The molecule has 0 rings (SSSR count). The standard InChI is InChI=1S/C4H9O5P/c1-9-4(7)10(8,2-5)3-6/h5-6H,2-3H2,1H3. The second-order valence-corrected chi connectivity index (χ2v) is 4.35. The van der Waals surface area contributed by atoms with Crippen LogP contribution in [0.25, 0.3) is 0 Å². The predicted octanol–water partition coefficient (Wildman–Crippen LogP) is 0.0155. The normalized spacial score (nSPS) is 11.1. The van der Waals surface area contributed by atoms with Gasteiger partial charge in [-0.05, 0) is 0 Å². The number of methoxy groups -OCH3 is 1. The smallest absolute Gasteiger partial charge is 0.368 e. The Morgan fingerprint density at radius 2 is 1.90 bits per heavy atom. The van der Waals surface area contributed by atoms with Gasteiger partial charge >= 0.3 is 5.71 Å². The lowest BCUT2D eigenvalue weighted by Crippen LogP contribution is -2.06. The van der Waals surface area contributed by atoms with Crippen molar-refractivity contribution in [2.75, 3.05) is 19.8 Å². The fourth-order valence-corrected chi connectivity index (χ4v) is 0.980. The molecule has 0 fully saturated rings. The van der Waals surface area contributed by atoms with Gasteiger partial charge in [-0.15, -0.1) is 0 Å². The van der Waals surface area contributed by atoms with Crippen LogP contribution in [0, 0.1) is 0 Å². The molecule has 2 N–H and O–H groups in total. The summed E-state index contributed by atoms with van der Waals surface area (Å²) in [6.45, 7) is 0. The average Bonchev–Trinajstić information content (AvgIpc) is 2.01. The quantitative estimate of drug-likeness (QED) is 0.580. The van der Waals surface area contributed by atoms with E-state index in [1.165, 1.54) is 0 Å². The van der Waals surface area contributed by atoms with Gasteiger partial charge in [0, 0.05) is 0 Å². The van der Waals surface area contributed by atoms with Crippen LogP contribution >= 0.6 is 7.14 Å². The monoisotopic (exact) mass is 168 g/mol. The van der Waals surface area contributed by atoms with Gasteiger partial charge in [0.1, 0.15) is 12.7 Å². The molecule has 6 heteroatoms. The summed E-state index contributed by atoms with van der Waals surface area (Å²) in [5.74, 6) is 0. The number of hydrogen-bond donors (Lipinski definition) is 2. The van der Waals surface area contributed by atoms with Gasteiger partial charge in [-0.2, -0.15) is 0 Å². The van der Waals surface area contributed by atoms with Crippen LogP contribution in [-0.4, -0.2) is 35.7 Å². The fraction of sp³-hybridized carbons (Fsp3) is 0.750. The van der Waals surface area contributed by atoms with Gasteiger partial charge in [0.05, 0.1) is 7.11 Å². The lowest BCUT2D eigenvalue weighted by atomic mass is 11.5. The van der Waals surface area contributed by atoms with Gasteiger partial charge < -0.3 is 19.5 Å². The molecule has 10 heavy (non-hydrogen) atoms. The molecule has 0 aliphatic heterocycles. The molecule has 0 heterocycles. The van der Waals surface area contributed by atoms with Gasteiger partial charge in [0.15, 0.2) is 0 Å². The molecule has 60 valence electrons. The Hall–Kier alpha value is -0.380. The summed E-state index contributed by atoms with van der Waals surface area (Å²) in [6, 6.07) is 0. The highest BCUT2D eigenvalue weighted by Gasteiger charge is 2.30. The van der Waals surface area contributed by atoms with Crippen LogP contribution in [-0.2, 0) is 9.30 Å². The maximum absolute atomic E-state index is 10.9. The Morgan fingerprint density at radius 3 is 2.00 bits per heavy atom. The van der Waals surface area contributed by atoms with E-state index in [2.05, 4.69) is 4.74 Å². The Kier molecular flexibility index (Phi) is 3.57. The molecule has 5 nitrogen and oxygen atoms in total. The molecular weight excluding hydrogens is 159 g/mol. The van der Waals surface area contributed by atoms with Crippen LogP contribution in [0.4, 0.5) is 4.79 Å². The summed E-state index contributed by atoms with van der Waals surface area (Å²) in [6.07, 6.45) is -1.70. The SMILES string of the molecule is COC(=O)P(=O)(CO)CO. The first-order chi connectivity index (χ1) is 4.60. The van der Waals surface area contributed by atoms with Crippen molar-refractivity contribution < 1.29 is 24.3 Å². The van der Waals surface area contributed by atoms with Crippen LogP contribution < -0.4 is 0 Å². The average molecular weight is 168 g/mol.